The number of nitro groups is 1. The zero-order valence-electron chi connectivity index (χ0n) is 8.33. The number of pyridine rings is 1. The Hall–Kier alpha value is -2.43. The molecule has 0 radical (unpaired) electrons. The maximum absolute atomic E-state index is 10.4. The Labute approximate surface area is 91.9 Å². The number of hydrogen-bond donors (Lipinski definition) is 1. The third kappa shape index (κ3) is 2.33. The van der Waals surface area contributed by atoms with Gasteiger partial charge < -0.3 is 5.32 Å². The zero-order valence-corrected chi connectivity index (χ0v) is 8.33. The highest BCUT2D eigenvalue weighted by Crippen LogP contribution is 2.18. The lowest BCUT2D eigenvalue weighted by atomic mass is 10.3. The van der Waals surface area contributed by atoms with Gasteiger partial charge in [0, 0.05) is 24.0 Å². The van der Waals surface area contributed by atoms with Crippen LogP contribution in [0.4, 0.5) is 17.1 Å². The molecule has 0 amide bonds. The summed E-state index contributed by atoms with van der Waals surface area (Å²) in [6.07, 6.45) is 3.36. The number of nitrogens with one attached hydrogen (secondary N) is 1. The van der Waals surface area contributed by atoms with E-state index in [1.807, 2.05) is 12.1 Å². The molecular weight excluding hydrogens is 206 g/mol. The van der Waals surface area contributed by atoms with Crippen LogP contribution in [0.5, 0.6) is 0 Å². The van der Waals surface area contributed by atoms with Crippen LogP contribution in [0.15, 0.2) is 48.8 Å². The van der Waals surface area contributed by atoms with Gasteiger partial charge in [0.25, 0.3) is 5.69 Å². The van der Waals surface area contributed by atoms with E-state index in [1.165, 1.54) is 12.1 Å². The van der Waals surface area contributed by atoms with Gasteiger partial charge in [0.1, 0.15) is 0 Å². The second-order valence-corrected chi connectivity index (χ2v) is 3.17. The van der Waals surface area contributed by atoms with Crippen molar-refractivity contribution in [2.24, 2.45) is 0 Å². The predicted octanol–water partition coefficient (Wildman–Crippen LogP) is 2.73. The molecule has 0 bridgehead atoms. The van der Waals surface area contributed by atoms with Crippen LogP contribution in [-0.2, 0) is 0 Å². The molecule has 0 saturated carbocycles. The monoisotopic (exact) mass is 215 g/mol. The molecule has 0 saturated heterocycles. The van der Waals surface area contributed by atoms with Gasteiger partial charge >= 0.3 is 0 Å². The molecule has 1 heterocycles. The highest BCUT2D eigenvalue weighted by Gasteiger charge is 2.03. The van der Waals surface area contributed by atoms with Crippen LogP contribution in [0.2, 0.25) is 0 Å². The SMILES string of the molecule is O=[N+]([O-])c1ccc(Nc2cccnc2)cc1. The number of rotatable bonds is 3. The summed E-state index contributed by atoms with van der Waals surface area (Å²) in [6.45, 7) is 0. The van der Waals surface area contributed by atoms with Crippen LogP contribution in [0, 0.1) is 10.1 Å². The fourth-order valence-electron chi connectivity index (χ4n) is 1.27. The summed E-state index contributed by atoms with van der Waals surface area (Å²) < 4.78 is 0. The van der Waals surface area contributed by atoms with Crippen LogP contribution in [0.25, 0.3) is 0 Å². The summed E-state index contributed by atoms with van der Waals surface area (Å²) in [5.41, 5.74) is 1.71. The van der Waals surface area contributed by atoms with Crippen LogP contribution in [0.1, 0.15) is 0 Å². The van der Waals surface area contributed by atoms with E-state index >= 15 is 0 Å². The summed E-state index contributed by atoms with van der Waals surface area (Å²) >= 11 is 0. The number of nitro benzene ring substituents is 1. The molecule has 5 nitrogen and oxygen atoms in total. The largest absolute Gasteiger partial charge is 0.354 e. The molecule has 1 aromatic carbocycles. The fraction of sp³-hybridized carbons (Fsp3) is 0. The predicted molar refractivity (Wildman–Crippen MR) is 60.6 cm³/mol. The topological polar surface area (TPSA) is 68.1 Å². The first-order valence-electron chi connectivity index (χ1n) is 4.67. The molecule has 0 aliphatic rings. The molecule has 1 aromatic heterocycles. The molecule has 0 unspecified atom stereocenters. The highest BCUT2D eigenvalue weighted by molar-refractivity contribution is 5.59. The first kappa shape index (κ1) is 10.1. The molecular formula is C11H9N3O2. The number of aromatic nitrogens is 1. The molecule has 80 valence electrons. The minimum absolute atomic E-state index is 0.0803. The standard InChI is InChI=1S/C11H9N3O2/c15-14(16)11-5-3-9(4-6-11)13-10-2-1-7-12-8-10/h1-8,13H. The summed E-state index contributed by atoms with van der Waals surface area (Å²) in [5.74, 6) is 0. The number of hydrogen-bond acceptors (Lipinski definition) is 4. The first-order valence-corrected chi connectivity index (χ1v) is 4.67. The molecule has 0 atom stereocenters. The van der Waals surface area contributed by atoms with Gasteiger partial charge in [0.2, 0.25) is 0 Å². The summed E-state index contributed by atoms with van der Waals surface area (Å²) in [6, 6.07) is 9.91. The Balaban J connectivity index is 2.14. The minimum atomic E-state index is -0.423. The van der Waals surface area contributed by atoms with Crippen molar-refractivity contribution in [3.8, 4) is 0 Å². The van der Waals surface area contributed by atoms with Crippen LogP contribution < -0.4 is 5.32 Å². The maximum Gasteiger partial charge on any atom is 0.269 e. The maximum atomic E-state index is 10.4. The van der Waals surface area contributed by atoms with E-state index in [9.17, 15) is 10.1 Å². The molecule has 0 fully saturated rings. The van der Waals surface area contributed by atoms with E-state index in [4.69, 9.17) is 0 Å². The van der Waals surface area contributed by atoms with Crippen LogP contribution >= 0.6 is 0 Å². The number of benzene rings is 1. The Morgan fingerprint density at radius 1 is 1.12 bits per heavy atom. The smallest absolute Gasteiger partial charge is 0.269 e. The highest BCUT2D eigenvalue weighted by atomic mass is 16.6. The minimum Gasteiger partial charge on any atom is -0.354 e. The van der Waals surface area contributed by atoms with E-state index in [-0.39, 0.29) is 5.69 Å². The molecule has 0 spiro atoms. The number of non-ortho nitro benzene ring substituents is 1. The molecule has 5 heteroatoms. The van der Waals surface area contributed by atoms with E-state index in [0.717, 1.165) is 11.4 Å². The van der Waals surface area contributed by atoms with Crippen molar-refractivity contribution in [1.29, 1.82) is 0 Å². The van der Waals surface area contributed by atoms with Gasteiger partial charge in [-0.15, -0.1) is 0 Å². The molecule has 2 aromatic rings. The van der Waals surface area contributed by atoms with Crippen molar-refractivity contribution in [2.75, 3.05) is 5.32 Å². The van der Waals surface area contributed by atoms with Crippen molar-refractivity contribution >= 4 is 17.1 Å². The van der Waals surface area contributed by atoms with Crippen molar-refractivity contribution in [3.63, 3.8) is 0 Å². The first-order chi connectivity index (χ1) is 7.75. The number of anilines is 2. The van der Waals surface area contributed by atoms with Gasteiger partial charge in [-0.1, -0.05) is 0 Å². The lowest BCUT2D eigenvalue weighted by molar-refractivity contribution is -0.384. The number of nitrogens with zero attached hydrogens (tertiary/aromatic N) is 2. The van der Waals surface area contributed by atoms with Gasteiger partial charge in [0.15, 0.2) is 0 Å². The van der Waals surface area contributed by atoms with E-state index in [0.29, 0.717) is 0 Å². The lowest BCUT2D eigenvalue weighted by Gasteiger charge is -2.04. The molecule has 0 aliphatic heterocycles. The zero-order chi connectivity index (χ0) is 11.4. The normalized spacial score (nSPS) is 9.75. The average Bonchev–Trinajstić information content (AvgIpc) is 2.31. The Morgan fingerprint density at radius 2 is 1.88 bits per heavy atom. The van der Waals surface area contributed by atoms with Crippen LogP contribution in [0.3, 0.4) is 0 Å². The third-order valence-corrected chi connectivity index (χ3v) is 2.03. The third-order valence-electron chi connectivity index (χ3n) is 2.03. The fourth-order valence-corrected chi connectivity index (χ4v) is 1.27. The molecule has 2 rings (SSSR count). The van der Waals surface area contributed by atoms with Gasteiger partial charge in [-0.2, -0.15) is 0 Å². The van der Waals surface area contributed by atoms with Gasteiger partial charge in [-0.3, -0.25) is 15.1 Å². The van der Waals surface area contributed by atoms with E-state index in [1.54, 1.807) is 24.5 Å². The van der Waals surface area contributed by atoms with Crippen molar-refractivity contribution in [3.05, 3.63) is 58.9 Å². The summed E-state index contributed by atoms with van der Waals surface area (Å²) in [7, 11) is 0. The molecule has 1 N–H and O–H groups in total. The van der Waals surface area contributed by atoms with E-state index < -0.39 is 4.92 Å². The lowest BCUT2D eigenvalue weighted by Crippen LogP contribution is -1.91. The van der Waals surface area contributed by atoms with Crippen LogP contribution in [-0.4, -0.2) is 9.91 Å². The van der Waals surface area contributed by atoms with E-state index in [2.05, 4.69) is 10.3 Å². The second kappa shape index (κ2) is 4.39. The van der Waals surface area contributed by atoms with Gasteiger partial charge in [0.05, 0.1) is 16.8 Å². The molecule has 16 heavy (non-hydrogen) atoms. The van der Waals surface area contributed by atoms with Gasteiger partial charge in [-0.25, -0.2) is 0 Å². The Morgan fingerprint density at radius 3 is 2.44 bits per heavy atom. The van der Waals surface area contributed by atoms with Gasteiger partial charge in [-0.05, 0) is 24.3 Å². The Bertz CT molecular complexity index is 482. The summed E-state index contributed by atoms with van der Waals surface area (Å²) in [5, 5.41) is 13.5. The second-order valence-electron chi connectivity index (χ2n) is 3.17. The quantitative estimate of drug-likeness (QED) is 0.631. The van der Waals surface area contributed by atoms with Crippen molar-refractivity contribution < 1.29 is 4.92 Å². The summed E-state index contributed by atoms with van der Waals surface area (Å²) in [4.78, 5) is 14.0. The Kier molecular flexibility index (Phi) is 2.77. The van der Waals surface area contributed by atoms with Crippen molar-refractivity contribution in [2.45, 2.75) is 0 Å². The average molecular weight is 215 g/mol. The van der Waals surface area contributed by atoms with Crippen molar-refractivity contribution in [1.82, 2.24) is 4.98 Å². The molecule has 0 aliphatic carbocycles.